The first-order valence-electron chi connectivity index (χ1n) is 4.13. The minimum atomic E-state index is -2.87. The molecule has 14 heavy (non-hydrogen) atoms. The summed E-state index contributed by atoms with van der Waals surface area (Å²) < 4.78 is 14.9. The third-order valence-corrected chi connectivity index (χ3v) is 1.14. The van der Waals surface area contributed by atoms with Crippen molar-refractivity contribution in [3.05, 3.63) is 12.7 Å². The zero-order chi connectivity index (χ0) is 11.6. The normalized spacial score (nSPS) is 10.1. The molecular formula is C8H20NO4P+2. The van der Waals surface area contributed by atoms with Crippen LogP contribution in [-0.4, -0.2) is 55.2 Å². The van der Waals surface area contributed by atoms with Crippen LogP contribution in [0.1, 0.15) is 0 Å². The molecule has 6 heteroatoms. The number of hydrogen-bond acceptors (Lipinski definition) is 2. The average Bonchev–Trinajstić information content (AvgIpc) is 1.95. The Kier molecular flexibility index (Phi) is 10.6. The molecule has 0 amide bonds. The Morgan fingerprint density at radius 2 is 1.86 bits per heavy atom. The van der Waals surface area contributed by atoms with Crippen molar-refractivity contribution < 1.29 is 23.6 Å². The van der Waals surface area contributed by atoms with Crippen LogP contribution >= 0.6 is 8.25 Å². The highest BCUT2D eigenvalue weighted by Crippen LogP contribution is 1.98. The Hall–Kier alpha value is -0.320. The molecule has 0 aromatic carbocycles. The summed E-state index contributed by atoms with van der Waals surface area (Å²) in [7, 11) is 3.58. The smallest absolute Gasteiger partial charge is 0.372 e. The molecule has 0 aliphatic carbocycles. The van der Waals surface area contributed by atoms with E-state index >= 15 is 0 Å². The second-order valence-corrected chi connectivity index (χ2v) is 4.14. The third kappa shape index (κ3) is 29.9. The Labute approximate surface area is 86.2 Å². The number of hydrogen-bond donors (Lipinski definition) is 2. The van der Waals surface area contributed by atoms with Crippen molar-refractivity contribution in [2.75, 3.05) is 40.9 Å². The first-order chi connectivity index (χ1) is 6.29. The maximum atomic E-state index is 8.70. The van der Waals surface area contributed by atoms with Crippen molar-refractivity contribution in [2.24, 2.45) is 0 Å². The quantitative estimate of drug-likeness (QED) is 0.310. The van der Waals surface area contributed by atoms with E-state index in [0.29, 0.717) is 6.61 Å². The van der Waals surface area contributed by atoms with Crippen molar-refractivity contribution in [1.82, 2.24) is 0 Å². The number of ether oxygens (including phenoxy) is 1. The van der Waals surface area contributed by atoms with Crippen LogP contribution in [-0.2, 0) is 9.30 Å². The Balaban J connectivity index is 0. The summed E-state index contributed by atoms with van der Waals surface area (Å²) >= 11 is 0. The van der Waals surface area contributed by atoms with Gasteiger partial charge in [-0.05, 0) is 0 Å². The van der Waals surface area contributed by atoms with E-state index in [-0.39, 0.29) is 0 Å². The lowest BCUT2D eigenvalue weighted by Gasteiger charge is -2.23. The van der Waals surface area contributed by atoms with Gasteiger partial charge in [-0.2, -0.15) is 0 Å². The zero-order valence-electron chi connectivity index (χ0n) is 9.01. The Morgan fingerprint density at radius 3 is 2.14 bits per heavy atom. The van der Waals surface area contributed by atoms with Gasteiger partial charge in [-0.3, -0.25) is 0 Å². The minimum absolute atomic E-state index is 0.667. The summed E-state index contributed by atoms with van der Waals surface area (Å²) in [6.45, 7) is 6.10. The molecule has 5 nitrogen and oxygen atoms in total. The molecule has 0 aromatic rings. The van der Waals surface area contributed by atoms with Gasteiger partial charge >= 0.3 is 8.25 Å². The van der Waals surface area contributed by atoms with Gasteiger partial charge in [0, 0.05) is 4.57 Å². The molecule has 0 radical (unpaired) electrons. The first kappa shape index (κ1) is 16.1. The lowest BCUT2D eigenvalue weighted by molar-refractivity contribution is -0.870. The van der Waals surface area contributed by atoms with E-state index in [9.17, 15) is 0 Å². The fourth-order valence-electron chi connectivity index (χ4n) is 0.505. The second kappa shape index (κ2) is 9.24. The van der Waals surface area contributed by atoms with Crippen LogP contribution in [0.4, 0.5) is 0 Å². The van der Waals surface area contributed by atoms with Crippen LogP contribution in [0, 0.1) is 0 Å². The lowest BCUT2D eigenvalue weighted by atomic mass is 10.5. The first-order valence-corrected chi connectivity index (χ1v) is 5.30. The van der Waals surface area contributed by atoms with Gasteiger partial charge in [0.2, 0.25) is 0 Å². The van der Waals surface area contributed by atoms with Gasteiger partial charge in [-0.1, -0.05) is 6.08 Å². The minimum Gasteiger partial charge on any atom is -0.372 e. The molecule has 0 rings (SSSR count). The van der Waals surface area contributed by atoms with Gasteiger partial charge in [-0.25, -0.2) is 0 Å². The summed E-state index contributed by atoms with van der Waals surface area (Å²) in [6, 6.07) is 0. The van der Waals surface area contributed by atoms with Crippen molar-refractivity contribution in [3.8, 4) is 0 Å². The molecule has 0 saturated carbocycles. The molecular weight excluding hydrogens is 205 g/mol. The maximum absolute atomic E-state index is 8.70. The van der Waals surface area contributed by atoms with Crippen LogP contribution in [0.2, 0.25) is 0 Å². The van der Waals surface area contributed by atoms with Crippen molar-refractivity contribution in [1.29, 1.82) is 0 Å². The zero-order valence-corrected chi connectivity index (χ0v) is 9.91. The summed E-state index contributed by atoms with van der Waals surface area (Å²) in [6.07, 6.45) is 1.77. The molecule has 0 fully saturated rings. The van der Waals surface area contributed by atoms with Crippen LogP contribution in [0.15, 0.2) is 12.7 Å². The molecule has 0 bridgehead atoms. The van der Waals surface area contributed by atoms with Gasteiger partial charge in [0.1, 0.15) is 6.54 Å². The molecule has 84 valence electrons. The highest BCUT2D eigenvalue weighted by Gasteiger charge is 2.04. The molecule has 2 N–H and O–H groups in total. The van der Waals surface area contributed by atoms with Crippen molar-refractivity contribution in [2.45, 2.75) is 0 Å². The maximum Gasteiger partial charge on any atom is 0.692 e. The van der Waals surface area contributed by atoms with Gasteiger partial charge in [0.15, 0.2) is 0 Å². The molecule has 0 aromatic heterocycles. The van der Waals surface area contributed by atoms with Crippen LogP contribution < -0.4 is 0 Å². The van der Waals surface area contributed by atoms with E-state index < -0.39 is 8.25 Å². The molecule has 0 unspecified atom stereocenters. The highest BCUT2D eigenvalue weighted by atomic mass is 31.1. The van der Waals surface area contributed by atoms with Crippen LogP contribution in [0.25, 0.3) is 0 Å². The fraction of sp³-hybridized carbons (Fsp3) is 0.750. The van der Waals surface area contributed by atoms with E-state index in [4.69, 9.17) is 19.1 Å². The largest absolute Gasteiger partial charge is 0.692 e. The van der Waals surface area contributed by atoms with Crippen LogP contribution in [0.3, 0.4) is 0 Å². The fourth-order valence-corrected chi connectivity index (χ4v) is 0.505. The monoisotopic (exact) mass is 225 g/mol. The van der Waals surface area contributed by atoms with E-state index in [1.165, 1.54) is 0 Å². The highest BCUT2D eigenvalue weighted by molar-refractivity contribution is 7.30. The lowest BCUT2D eigenvalue weighted by Crippen LogP contribution is -2.37. The summed E-state index contributed by atoms with van der Waals surface area (Å²) in [5.41, 5.74) is 0. The van der Waals surface area contributed by atoms with Gasteiger partial charge in [0.05, 0.1) is 34.4 Å². The summed E-state index contributed by atoms with van der Waals surface area (Å²) in [5.74, 6) is 0. The van der Waals surface area contributed by atoms with E-state index in [1.54, 1.807) is 6.08 Å². The number of nitrogens with zero attached hydrogens (tertiary/aromatic N) is 1. The number of rotatable bonds is 5. The number of quaternary nitrogens is 1. The Morgan fingerprint density at radius 1 is 1.43 bits per heavy atom. The number of likely N-dealkylation sites (N-methyl/N-ethyl adjacent to an activating group) is 1. The van der Waals surface area contributed by atoms with E-state index in [2.05, 4.69) is 27.7 Å². The van der Waals surface area contributed by atoms with Gasteiger partial charge in [0.25, 0.3) is 0 Å². The predicted octanol–water partition coefficient (Wildman–Crippen LogP) is 0.524. The average molecular weight is 225 g/mol. The van der Waals surface area contributed by atoms with Crippen LogP contribution in [0.5, 0.6) is 0 Å². The standard InChI is InChI=1S/C8H18NO.HO3P/c1-5-7-10-8-6-9(2,3)4;1-4(2)3/h5H,1,6-8H2,2-4H3;(H-,1,2,3)/q+1;/p+1. The molecule has 0 heterocycles. The molecule has 0 aliphatic heterocycles. The molecule has 0 aliphatic rings. The van der Waals surface area contributed by atoms with Crippen molar-refractivity contribution in [3.63, 3.8) is 0 Å². The SMILES string of the molecule is C=CCOCC[N+](C)(C)C.O=[P+](O)O. The molecule has 0 saturated heterocycles. The second-order valence-electron chi connectivity index (χ2n) is 3.63. The molecule has 0 atom stereocenters. The van der Waals surface area contributed by atoms with Gasteiger partial charge < -0.3 is 9.22 Å². The van der Waals surface area contributed by atoms with Crippen molar-refractivity contribution >= 4 is 8.25 Å². The summed E-state index contributed by atoms with van der Waals surface area (Å²) in [4.78, 5) is 14.2. The van der Waals surface area contributed by atoms with Gasteiger partial charge in [-0.15, -0.1) is 16.4 Å². The topological polar surface area (TPSA) is 66.8 Å². The third-order valence-electron chi connectivity index (χ3n) is 1.14. The Bertz CT molecular complexity index is 163. The predicted molar refractivity (Wildman–Crippen MR) is 56.0 cm³/mol. The summed E-state index contributed by atoms with van der Waals surface area (Å²) in [5, 5.41) is 0. The van der Waals surface area contributed by atoms with E-state index in [0.717, 1.165) is 17.6 Å². The molecule has 0 spiro atoms. The van der Waals surface area contributed by atoms with E-state index in [1.807, 2.05) is 0 Å².